The Labute approximate surface area is 105 Å². The normalized spacial score (nSPS) is 25.2. The summed E-state index contributed by atoms with van der Waals surface area (Å²) in [7, 11) is 0. The maximum atomic E-state index is 6.01. The molecule has 1 aliphatic rings. The monoisotopic (exact) mass is 248 g/mol. The molecule has 0 aromatic carbocycles. The van der Waals surface area contributed by atoms with E-state index in [0.29, 0.717) is 11.3 Å². The van der Waals surface area contributed by atoms with Crippen molar-refractivity contribution in [3.05, 3.63) is 24.4 Å². The lowest BCUT2D eigenvalue weighted by atomic mass is 9.96. The van der Waals surface area contributed by atoms with Crippen LogP contribution in [0, 0.1) is 0 Å². The van der Waals surface area contributed by atoms with E-state index in [9.17, 15) is 0 Å². The van der Waals surface area contributed by atoms with Crippen molar-refractivity contribution in [2.24, 2.45) is 5.73 Å². The first-order chi connectivity index (χ1) is 8.33. The Balaban J connectivity index is 1.80. The Hall–Kier alpha value is -1.07. The molecule has 0 radical (unpaired) electrons. The highest BCUT2D eigenvalue weighted by Crippen LogP contribution is 2.32. The molecule has 0 aliphatic heterocycles. The van der Waals surface area contributed by atoms with Crippen LogP contribution in [0.5, 0.6) is 0 Å². The van der Waals surface area contributed by atoms with Crippen LogP contribution in [0.25, 0.3) is 5.65 Å². The molecule has 0 bridgehead atoms. The fourth-order valence-corrected chi connectivity index (χ4v) is 3.62. The van der Waals surface area contributed by atoms with Gasteiger partial charge in [-0.25, -0.2) is 0 Å². The molecule has 0 spiro atoms. The zero-order valence-electron chi connectivity index (χ0n) is 9.62. The average molecular weight is 248 g/mol. The minimum Gasteiger partial charge on any atom is -0.328 e. The third kappa shape index (κ3) is 2.30. The Morgan fingerprint density at radius 3 is 3.12 bits per heavy atom. The van der Waals surface area contributed by atoms with Crippen molar-refractivity contribution < 1.29 is 0 Å². The molecule has 5 heteroatoms. The average Bonchev–Trinajstić information content (AvgIpc) is 2.73. The van der Waals surface area contributed by atoms with Gasteiger partial charge in [-0.3, -0.25) is 4.40 Å². The smallest absolute Gasteiger partial charge is 0.195 e. The summed E-state index contributed by atoms with van der Waals surface area (Å²) in [6.07, 6.45) is 6.74. The summed E-state index contributed by atoms with van der Waals surface area (Å²) in [5.74, 6) is 0. The van der Waals surface area contributed by atoms with E-state index in [4.69, 9.17) is 5.73 Å². The number of nitrogens with zero attached hydrogens (tertiary/aromatic N) is 3. The van der Waals surface area contributed by atoms with Crippen molar-refractivity contribution in [3.63, 3.8) is 0 Å². The van der Waals surface area contributed by atoms with Crippen molar-refractivity contribution in [3.8, 4) is 0 Å². The maximum Gasteiger partial charge on any atom is 0.195 e. The molecule has 0 saturated heterocycles. The minimum atomic E-state index is 0.362. The fraction of sp³-hybridized carbons (Fsp3) is 0.500. The molecule has 1 fully saturated rings. The van der Waals surface area contributed by atoms with Gasteiger partial charge in [-0.2, -0.15) is 0 Å². The molecule has 90 valence electrons. The first-order valence-electron chi connectivity index (χ1n) is 6.05. The topological polar surface area (TPSA) is 56.2 Å². The first kappa shape index (κ1) is 11.0. The van der Waals surface area contributed by atoms with Gasteiger partial charge in [-0.15, -0.1) is 10.2 Å². The Bertz CT molecular complexity index is 510. The van der Waals surface area contributed by atoms with E-state index in [1.165, 1.54) is 12.8 Å². The first-order valence-corrected chi connectivity index (χ1v) is 6.93. The van der Waals surface area contributed by atoms with E-state index in [1.807, 2.05) is 40.6 Å². The number of pyridine rings is 1. The summed E-state index contributed by atoms with van der Waals surface area (Å²) in [5.41, 5.74) is 6.92. The molecule has 4 nitrogen and oxygen atoms in total. The van der Waals surface area contributed by atoms with Crippen LogP contribution in [0.2, 0.25) is 0 Å². The van der Waals surface area contributed by atoms with Gasteiger partial charge in [0.05, 0.1) is 0 Å². The lowest BCUT2D eigenvalue weighted by molar-refractivity contribution is 0.451. The molecule has 0 amide bonds. The summed E-state index contributed by atoms with van der Waals surface area (Å²) in [4.78, 5) is 0. The number of rotatable bonds is 2. The van der Waals surface area contributed by atoms with E-state index >= 15 is 0 Å². The van der Waals surface area contributed by atoms with E-state index in [2.05, 4.69) is 10.2 Å². The summed E-state index contributed by atoms with van der Waals surface area (Å²) < 4.78 is 2.05. The van der Waals surface area contributed by atoms with Gasteiger partial charge in [0.2, 0.25) is 0 Å². The van der Waals surface area contributed by atoms with Gasteiger partial charge in [0.1, 0.15) is 0 Å². The molecule has 2 aromatic rings. The predicted octanol–water partition coefficient (Wildman–Crippen LogP) is 2.09. The SMILES string of the molecule is NC1CCCC(Sc2nnc3ccccn23)C1. The Kier molecular flexibility index (Phi) is 3.03. The molecule has 2 unspecified atom stereocenters. The number of thioether (sulfide) groups is 1. The molecule has 2 atom stereocenters. The fourth-order valence-electron chi connectivity index (χ4n) is 2.34. The molecule has 1 saturated carbocycles. The quantitative estimate of drug-likeness (QED) is 0.884. The predicted molar refractivity (Wildman–Crippen MR) is 69.1 cm³/mol. The number of nitrogens with two attached hydrogens (primary N) is 1. The molecule has 2 heterocycles. The van der Waals surface area contributed by atoms with Crippen LogP contribution in [0.4, 0.5) is 0 Å². The largest absolute Gasteiger partial charge is 0.328 e. The van der Waals surface area contributed by atoms with Gasteiger partial charge >= 0.3 is 0 Å². The van der Waals surface area contributed by atoms with Crippen molar-refractivity contribution in [1.29, 1.82) is 0 Å². The van der Waals surface area contributed by atoms with Crippen molar-refractivity contribution in [1.82, 2.24) is 14.6 Å². The van der Waals surface area contributed by atoms with Crippen LogP contribution < -0.4 is 5.73 Å². The summed E-state index contributed by atoms with van der Waals surface area (Å²) in [5, 5.41) is 9.99. The zero-order chi connectivity index (χ0) is 11.7. The second kappa shape index (κ2) is 4.66. The Morgan fingerprint density at radius 2 is 2.24 bits per heavy atom. The van der Waals surface area contributed by atoms with Crippen molar-refractivity contribution in [2.75, 3.05) is 0 Å². The van der Waals surface area contributed by atoms with Gasteiger partial charge in [0.25, 0.3) is 0 Å². The van der Waals surface area contributed by atoms with Crippen LogP contribution in [-0.4, -0.2) is 25.9 Å². The zero-order valence-corrected chi connectivity index (χ0v) is 10.4. The highest BCUT2D eigenvalue weighted by Gasteiger charge is 2.21. The lowest BCUT2D eigenvalue weighted by Crippen LogP contribution is -2.29. The van der Waals surface area contributed by atoms with E-state index < -0.39 is 0 Å². The van der Waals surface area contributed by atoms with Gasteiger partial charge in [-0.05, 0) is 31.4 Å². The lowest BCUT2D eigenvalue weighted by Gasteiger charge is -2.25. The number of aromatic nitrogens is 3. The minimum absolute atomic E-state index is 0.362. The van der Waals surface area contributed by atoms with Gasteiger partial charge < -0.3 is 5.73 Å². The van der Waals surface area contributed by atoms with E-state index in [0.717, 1.165) is 23.6 Å². The Morgan fingerprint density at radius 1 is 1.29 bits per heavy atom. The number of fused-ring (bicyclic) bond motifs is 1. The molecule has 1 aliphatic carbocycles. The van der Waals surface area contributed by atoms with Crippen molar-refractivity contribution in [2.45, 2.75) is 42.1 Å². The maximum absolute atomic E-state index is 6.01. The van der Waals surface area contributed by atoms with Crippen LogP contribution in [-0.2, 0) is 0 Å². The number of hydrogen-bond acceptors (Lipinski definition) is 4. The molecule has 2 aromatic heterocycles. The van der Waals surface area contributed by atoms with Gasteiger partial charge in [0, 0.05) is 17.5 Å². The van der Waals surface area contributed by atoms with Gasteiger partial charge in [-0.1, -0.05) is 24.2 Å². The summed E-state index contributed by atoms with van der Waals surface area (Å²) >= 11 is 1.81. The van der Waals surface area contributed by atoms with E-state index in [-0.39, 0.29) is 0 Å². The van der Waals surface area contributed by atoms with E-state index in [1.54, 1.807) is 0 Å². The third-order valence-electron chi connectivity index (χ3n) is 3.22. The summed E-state index contributed by atoms with van der Waals surface area (Å²) in [6.45, 7) is 0. The van der Waals surface area contributed by atoms with Crippen LogP contribution in [0.1, 0.15) is 25.7 Å². The van der Waals surface area contributed by atoms with Crippen LogP contribution >= 0.6 is 11.8 Å². The van der Waals surface area contributed by atoms with Crippen LogP contribution in [0.15, 0.2) is 29.6 Å². The molecular formula is C12H16N4S. The highest BCUT2D eigenvalue weighted by atomic mass is 32.2. The van der Waals surface area contributed by atoms with Gasteiger partial charge in [0.15, 0.2) is 10.8 Å². The second-order valence-electron chi connectivity index (χ2n) is 4.58. The second-order valence-corrected chi connectivity index (χ2v) is 5.85. The molecule has 2 N–H and O–H groups in total. The highest BCUT2D eigenvalue weighted by molar-refractivity contribution is 7.99. The molecule has 17 heavy (non-hydrogen) atoms. The molecule has 3 rings (SSSR count). The standard InChI is InChI=1S/C12H16N4S/c13-9-4-3-5-10(8-9)17-12-15-14-11-6-1-2-7-16(11)12/h1-2,6-7,9-10H,3-5,8,13H2. The van der Waals surface area contributed by atoms with Crippen LogP contribution in [0.3, 0.4) is 0 Å². The van der Waals surface area contributed by atoms with Crippen molar-refractivity contribution >= 4 is 17.4 Å². The third-order valence-corrected chi connectivity index (χ3v) is 4.47. The summed E-state index contributed by atoms with van der Waals surface area (Å²) in [6, 6.07) is 6.33. The molecular weight excluding hydrogens is 232 g/mol. The number of hydrogen-bond donors (Lipinski definition) is 1.